The lowest BCUT2D eigenvalue weighted by Gasteiger charge is -2.22. The quantitative estimate of drug-likeness (QED) is 0.0835. The number of hydrogen-bond acceptors (Lipinski definition) is 2. The SMILES string of the molecule is CCCCCC/C(=C\[S+]1c2ccccc2Oc2ccccc21)[S+]1c2ccccc2Oc2ccccc21.F[B-](F)(F)F.F[B-](F)(F)F. The summed E-state index contributed by atoms with van der Waals surface area (Å²) in [4.78, 5) is 6.61. The molecule has 0 N–H and O–H groups in total. The number of rotatable bonds is 7. The van der Waals surface area contributed by atoms with Crippen molar-refractivity contribution in [2.24, 2.45) is 0 Å². The number of fused-ring (bicyclic) bond motifs is 4. The molecule has 0 fully saturated rings. The maximum atomic E-state index is 9.75. The van der Waals surface area contributed by atoms with Gasteiger partial charge in [-0.25, -0.2) is 0 Å². The van der Waals surface area contributed by atoms with Gasteiger partial charge in [-0.15, -0.1) is 0 Å². The molecule has 46 heavy (non-hydrogen) atoms. The molecule has 2 aliphatic rings. The van der Waals surface area contributed by atoms with Crippen molar-refractivity contribution in [1.82, 2.24) is 0 Å². The van der Waals surface area contributed by atoms with Crippen molar-refractivity contribution in [2.45, 2.75) is 58.6 Å². The Kier molecular flexibility index (Phi) is 12.2. The molecule has 2 heterocycles. The third kappa shape index (κ3) is 10.2. The Balaban J connectivity index is 0.000000421. The average Bonchev–Trinajstić information content (AvgIpc) is 2.99. The number of benzene rings is 4. The number of para-hydroxylation sites is 4. The first-order valence-corrected chi connectivity index (χ1v) is 17.0. The molecule has 2 aliphatic heterocycles. The lowest BCUT2D eigenvalue weighted by atomic mass is 10.1. The van der Waals surface area contributed by atoms with E-state index in [2.05, 4.69) is 109 Å². The molecule has 6 rings (SSSR count). The summed E-state index contributed by atoms with van der Waals surface area (Å²) in [6.45, 7) is 2.28. The van der Waals surface area contributed by atoms with Crippen LogP contribution in [-0.2, 0) is 21.8 Å². The summed E-state index contributed by atoms with van der Waals surface area (Å²) in [7, 11) is -12.4. The van der Waals surface area contributed by atoms with E-state index in [0.29, 0.717) is 0 Å². The second-order valence-corrected chi connectivity index (χ2v) is 13.8. The van der Waals surface area contributed by atoms with Crippen LogP contribution >= 0.6 is 0 Å². The van der Waals surface area contributed by atoms with Crippen LogP contribution in [0.15, 0.2) is 127 Å². The van der Waals surface area contributed by atoms with Gasteiger partial charge in [0.15, 0.2) is 33.3 Å². The molecule has 0 spiro atoms. The summed E-state index contributed by atoms with van der Waals surface area (Å²) in [5.74, 6) is 3.90. The van der Waals surface area contributed by atoms with Gasteiger partial charge in [0.2, 0.25) is 19.6 Å². The van der Waals surface area contributed by atoms with Crippen molar-refractivity contribution < 1.29 is 44.0 Å². The van der Waals surface area contributed by atoms with Crippen LogP contribution in [0.5, 0.6) is 23.0 Å². The van der Waals surface area contributed by atoms with Crippen molar-refractivity contribution >= 4 is 36.3 Å². The maximum Gasteiger partial charge on any atom is 0.673 e. The van der Waals surface area contributed by atoms with E-state index < -0.39 is 14.5 Å². The van der Waals surface area contributed by atoms with Crippen LogP contribution < -0.4 is 9.47 Å². The average molecular weight is 684 g/mol. The first-order valence-electron chi connectivity index (χ1n) is 14.5. The van der Waals surface area contributed by atoms with Crippen LogP contribution in [0.25, 0.3) is 0 Å². The molecule has 0 amide bonds. The molecule has 2 nitrogen and oxygen atoms in total. The summed E-state index contributed by atoms with van der Waals surface area (Å²) in [6, 6.07) is 34.2. The zero-order valence-corrected chi connectivity index (χ0v) is 26.3. The van der Waals surface area contributed by atoms with E-state index in [1.165, 1.54) is 50.2 Å². The topological polar surface area (TPSA) is 18.5 Å². The van der Waals surface area contributed by atoms with E-state index in [9.17, 15) is 34.5 Å². The molecule has 0 atom stereocenters. The zero-order chi connectivity index (χ0) is 33.3. The summed E-state index contributed by atoms with van der Waals surface area (Å²) in [5.41, 5.74) is 0. The van der Waals surface area contributed by atoms with Gasteiger partial charge in [-0.05, 0) is 55.0 Å². The van der Waals surface area contributed by atoms with E-state index in [4.69, 9.17) is 9.47 Å². The fourth-order valence-corrected chi connectivity index (χ4v) is 9.64. The van der Waals surface area contributed by atoms with Gasteiger partial charge in [0, 0.05) is 6.42 Å². The molecule has 0 saturated carbocycles. The van der Waals surface area contributed by atoms with Gasteiger partial charge >= 0.3 is 14.5 Å². The lowest BCUT2D eigenvalue weighted by Crippen LogP contribution is -2.16. The van der Waals surface area contributed by atoms with Crippen molar-refractivity contribution in [3.63, 3.8) is 0 Å². The van der Waals surface area contributed by atoms with E-state index in [1.807, 2.05) is 0 Å². The van der Waals surface area contributed by atoms with E-state index in [0.717, 1.165) is 29.4 Å². The molecule has 244 valence electrons. The van der Waals surface area contributed by atoms with Crippen molar-refractivity contribution in [3.05, 3.63) is 107 Å². The fraction of sp³-hybridized carbons (Fsp3) is 0.188. The molecule has 0 bridgehead atoms. The summed E-state index contributed by atoms with van der Waals surface area (Å²) >= 11 is 0. The fourth-order valence-electron chi connectivity index (χ4n) is 4.79. The summed E-state index contributed by atoms with van der Waals surface area (Å²) < 4.78 is 90.7. The molecule has 14 heteroatoms. The largest absolute Gasteiger partial charge is 0.673 e. The van der Waals surface area contributed by atoms with Crippen molar-refractivity contribution in [1.29, 1.82) is 0 Å². The number of hydrogen-bond donors (Lipinski definition) is 0. The minimum Gasteiger partial charge on any atom is -0.447 e. The highest BCUT2D eigenvalue weighted by Crippen LogP contribution is 2.50. The molecule has 4 aromatic rings. The predicted octanol–water partition coefficient (Wildman–Crippen LogP) is 12.1. The Morgan fingerprint density at radius 1 is 0.543 bits per heavy atom. The predicted molar refractivity (Wildman–Crippen MR) is 171 cm³/mol. The molecule has 0 saturated heterocycles. The van der Waals surface area contributed by atoms with Gasteiger partial charge in [-0.3, -0.25) is 0 Å². The number of ether oxygens (including phenoxy) is 2. The Labute approximate surface area is 268 Å². The van der Waals surface area contributed by atoms with Gasteiger partial charge in [0.1, 0.15) is 21.8 Å². The molecule has 0 radical (unpaired) electrons. The summed E-state index contributed by atoms with van der Waals surface area (Å²) in [6.07, 6.45) is 6.07. The standard InChI is InChI=1S/C32H30O2S2.2BF4/c1-2-3-4-5-14-24(36-31-21-12-8-17-27(31)34-28-18-9-13-22-32(28)36)23-35-29-19-10-6-15-25(29)33-26-16-7-11-20-30(26)35;2*2-1(3,4)5/h6-13,15-23H,2-5,14H2,1H3;;/q+2;2*-1/b24-23+;;. The zero-order valence-electron chi connectivity index (χ0n) is 24.7. The van der Waals surface area contributed by atoms with Gasteiger partial charge in [0.05, 0.1) is 0 Å². The van der Waals surface area contributed by atoms with E-state index in [-0.39, 0.29) is 21.8 Å². The first kappa shape index (κ1) is 35.3. The molecule has 0 aliphatic carbocycles. The Hall–Kier alpha value is -3.51. The van der Waals surface area contributed by atoms with Crippen LogP contribution in [0.1, 0.15) is 39.0 Å². The Morgan fingerprint density at radius 2 is 0.891 bits per heavy atom. The highest BCUT2D eigenvalue weighted by atomic mass is 32.2. The van der Waals surface area contributed by atoms with E-state index >= 15 is 0 Å². The van der Waals surface area contributed by atoms with Crippen LogP contribution in [0.4, 0.5) is 34.5 Å². The van der Waals surface area contributed by atoms with Gasteiger partial charge in [-0.1, -0.05) is 74.7 Å². The second kappa shape index (κ2) is 15.9. The number of allylic oxidation sites excluding steroid dienone is 1. The van der Waals surface area contributed by atoms with Crippen LogP contribution in [0, 0.1) is 0 Å². The molecule has 4 aromatic carbocycles. The molecular formula is C32H30B2F8O2S2. The van der Waals surface area contributed by atoms with Crippen molar-refractivity contribution in [2.75, 3.05) is 0 Å². The third-order valence-corrected chi connectivity index (χ3v) is 11.2. The monoisotopic (exact) mass is 684 g/mol. The number of unbranched alkanes of at least 4 members (excludes halogenated alkanes) is 3. The molecular weight excluding hydrogens is 654 g/mol. The minimum atomic E-state index is -6.00. The molecule has 0 aromatic heterocycles. The third-order valence-electron chi connectivity index (χ3n) is 6.54. The van der Waals surface area contributed by atoms with E-state index in [1.54, 1.807) is 0 Å². The molecule has 0 unspecified atom stereocenters. The summed E-state index contributed by atoms with van der Waals surface area (Å²) in [5, 5.41) is 2.58. The smallest absolute Gasteiger partial charge is 0.447 e. The van der Waals surface area contributed by atoms with Gasteiger partial charge < -0.3 is 44.0 Å². The van der Waals surface area contributed by atoms with Crippen LogP contribution in [0.3, 0.4) is 0 Å². The Morgan fingerprint density at radius 3 is 1.28 bits per heavy atom. The highest BCUT2D eigenvalue weighted by Gasteiger charge is 2.44. The number of halogens is 8. The van der Waals surface area contributed by atoms with Crippen molar-refractivity contribution in [3.8, 4) is 23.0 Å². The highest BCUT2D eigenvalue weighted by molar-refractivity contribution is 8.04. The van der Waals surface area contributed by atoms with Gasteiger partial charge in [0.25, 0.3) is 0 Å². The van der Waals surface area contributed by atoms with Crippen LogP contribution in [-0.4, -0.2) is 14.5 Å². The maximum absolute atomic E-state index is 9.75. The lowest BCUT2D eigenvalue weighted by molar-refractivity contribution is 0.366. The minimum absolute atomic E-state index is 0.191. The normalized spacial score (nSPS) is 14.1. The first-order chi connectivity index (χ1) is 21.8. The van der Waals surface area contributed by atoms with Crippen LogP contribution in [0.2, 0.25) is 0 Å². The Bertz CT molecular complexity index is 1520. The second-order valence-electron chi connectivity index (χ2n) is 10.0. The van der Waals surface area contributed by atoms with Gasteiger partial charge in [-0.2, -0.15) is 0 Å².